The summed E-state index contributed by atoms with van der Waals surface area (Å²) < 4.78 is 13.0. The third kappa shape index (κ3) is 5.75. The fourth-order valence-electron chi connectivity index (χ4n) is 6.25. The molecule has 0 amide bonds. The molecule has 3 atom stereocenters. The first-order valence-electron chi connectivity index (χ1n) is 14.5. The van der Waals surface area contributed by atoms with Crippen molar-refractivity contribution in [2.45, 2.75) is 76.3 Å². The largest absolute Gasteiger partial charge is 0.486 e. The molecule has 3 aliphatic rings. The Kier molecular flexibility index (Phi) is 8.08. The van der Waals surface area contributed by atoms with E-state index in [0.717, 1.165) is 66.1 Å². The summed E-state index contributed by atoms with van der Waals surface area (Å²) in [5.74, 6) is 0.926. The smallest absolute Gasteiger partial charge is 0.321 e. The maximum Gasteiger partial charge on any atom is 0.321 e. The number of carboxylic acid groups (broad SMARTS) is 1. The lowest BCUT2D eigenvalue weighted by atomic mass is 9.85. The number of hydrogen-bond donors (Lipinski definition) is 1. The molecule has 8 heteroatoms. The Morgan fingerprint density at radius 3 is 2.49 bits per heavy atom. The van der Waals surface area contributed by atoms with Crippen LogP contribution >= 0.6 is 23.2 Å². The van der Waals surface area contributed by atoms with Gasteiger partial charge in [-0.1, -0.05) is 54.7 Å². The van der Waals surface area contributed by atoms with Crippen LogP contribution in [0.4, 0.5) is 5.69 Å². The van der Waals surface area contributed by atoms with Crippen LogP contribution in [-0.2, 0) is 17.8 Å². The van der Waals surface area contributed by atoms with Crippen molar-refractivity contribution in [2.24, 2.45) is 0 Å². The van der Waals surface area contributed by atoms with Gasteiger partial charge >= 0.3 is 5.97 Å². The molecule has 0 bridgehead atoms. The third-order valence-corrected chi connectivity index (χ3v) is 9.64. The van der Waals surface area contributed by atoms with Gasteiger partial charge in [0.1, 0.15) is 29.7 Å². The predicted molar refractivity (Wildman–Crippen MR) is 163 cm³/mol. The van der Waals surface area contributed by atoms with Gasteiger partial charge in [-0.15, -0.1) is 0 Å². The van der Waals surface area contributed by atoms with E-state index in [2.05, 4.69) is 48.0 Å². The van der Waals surface area contributed by atoms with Crippen molar-refractivity contribution < 1.29 is 19.4 Å². The molecule has 41 heavy (non-hydrogen) atoms. The van der Waals surface area contributed by atoms with E-state index >= 15 is 0 Å². The van der Waals surface area contributed by atoms with Crippen LogP contribution in [0.3, 0.4) is 0 Å². The highest BCUT2D eigenvalue weighted by atomic mass is 35.5. The maximum atomic E-state index is 12.1. The summed E-state index contributed by atoms with van der Waals surface area (Å²) in [6, 6.07) is 18.0. The van der Waals surface area contributed by atoms with Gasteiger partial charge in [0.25, 0.3) is 0 Å². The predicted octanol–water partition coefficient (Wildman–Crippen LogP) is 7.85. The van der Waals surface area contributed by atoms with Gasteiger partial charge in [-0.2, -0.15) is 0 Å². The summed E-state index contributed by atoms with van der Waals surface area (Å²) in [6.45, 7) is 3.58. The molecular weight excluding hydrogens is 559 g/mol. The normalized spacial score (nSPS) is 21.6. The molecule has 0 radical (unpaired) electrons. The van der Waals surface area contributed by atoms with E-state index in [4.69, 9.17) is 32.7 Å². The van der Waals surface area contributed by atoms with E-state index in [1.807, 2.05) is 24.3 Å². The van der Waals surface area contributed by atoms with Crippen molar-refractivity contribution in [3.05, 3.63) is 86.9 Å². The Morgan fingerprint density at radius 2 is 1.83 bits per heavy atom. The number of fused-ring (bicyclic) bond motifs is 2. The molecule has 2 aliphatic heterocycles. The van der Waals surface area contributed by atoms with Gasteiger partial charge in [-0.3, -0.25) is 9.69 Å². The average Bonchev–Trinajstić information content (AvgIpc) is 3.09. The minimum Gasteiger partial charge on any atom is -0.486 e. The lowest BCUT2D eigenvalue weighted by Crippen LogP contribution is -2.52. The Hall–Kier alpha value is -2.93. The van der Waals surface area contributed by atoms with Crippen molar-refractivity contribution in [3.63, 3.8) is 0 Å². The van der Waals surface area contributed by atoms with Gasteiger partial charge in [0.2, 0.25) is 0 Å². The van der Waals surface area contributed by atoms with Crippen LogP contribution in [-0.4, -0.2) is 41.7 Å². The summed E-state index contributed by atoms with van der Waals surface area (Å²) in [6.07, 6.45) is 5.28. The topological polar surface area (TPSA) is 62.2 Å². The number of benzene rings is 3. The summed E-state index contributed by atoms with van der Waals surface area (Å²) in [4.78, 5) is 16.5. The summed E-state index contributed by atoms with van der Waals surface area (Å²) >= 11 is 12.3. The Labute approximate surface area is 251 Å². The van der Waals surface area contributed by atoms with E-state index in [0.29, 0.717) is 29.1 Å². The number of hydrogen-bond acceptors (Lipinski definition) is 5. The highest BCUT2D eigenvalue weighted by Gasteiger charge is 2.39. The number of carboxylic acids is 1. The number of halogens is 2. The molecule has 3 aromatic carbocycles. The molecule has 1 fully saturated rings. The van der Waals surface area contributed by atoms with Crippen LogP contribution in [0.1, 0.15) is 73.5 Å². The van der Waals surface area contributed by atoms with E-state index in [1.165, 1.54) is 12.0 Å². The highest BCUT2D eigenvalue weighted by molar-refractivity contribution is 6.42. The molecule has 3 aromatic rings. The van der Waals surface area contributed by atoms with Crippen LogP contribution in [0.25, 0.3) is 0 Å². The molecule has 1 N–H and O–H groups in total. The fourth-order valence-corrected chi connectivity index (χ4v) is 6.56. The quantitative estimate of drug-likeness (QED) is 0.300. The van der Waals surface area contributed by atoms with E-state index in [9.17, 15) is 9.90 Å². The standard InChI is InChI=1S/C33H36Cl2N2O4/c1-3-30(21-9-12-26(34)27(35)15-21)40-25-10-7-20(8-11-25)31-13-14-36(2)28-16-22-17-29(33(38)39)37(24-5-4-6-24)19-23(22)18-32(28)41-31/h7-12,15-16,18,24,29-31H,3-6,13-14,17,19H2,1-2H3,(H,38,39)/t29-,30+,31+/m0/s1. The molecule has 6 rings (SSSR count). The zero-order valence-corrected chi connectivity index (χ0v) is 25.0. The maximum absolute atomic E-state index is 12.1. The Morgan fingerprint density at radius 1 is 1.05 bits per heavy atom. The zero-order chi connectivity index (χ0) is 28.7. The molecule has 0 aromatic heterocycles. The highest BCUT2D eigenvalue weighted by Crippen LogP contribution is 2.42. The molecule has 1 saturated carbocycles. The first kappa shape index (κ1) is 28.2. The molecular formula is C33H36Cl2N2O4. The zero-order valence-electron chi connectivity index (χ0n) is 23.5. The van der Waals surface area contributed by atoms with Crippen molar-refractivity contribution in [2.75, 3.05) is 18.5 Å². The number of aliphatic carboxylic acids is 1. The van der Waals surface area contributed by atoms with Crippen LogP contribution < -0.4 is 14.4 Å². The molecule has 1 aliphatic carbocycles. The monoisotopic (exact) mass is 594 g/mol. The van der Waals surface area contributed by atoms with Crippen molar-refractivity contribution in [3.8, 4) is 11.5 Å². The number of ether oxygens (including phenoxy) is 2. The van der Waals surface area contributed by atoms with Gasteiger partial charge in [0.05, 0.1) is 15.7 Å². The average molecular weight is 596 g/mol. The first-order chi connectivity index (χ1) is 19.8. The van der Waals surface area contributed by atoms with Crippen LogP contribution in [0.15, 0.2) is 54.6 Å². The second kappa shape index (κ2) is 11.7. The Bertz CT molecular complexity index is 1430. The summed E-state index contributed by atoms with van der Waals surface area (Å²) in [5.41, 5.74) is 5.42. The molecule has 0 spiro atoms. The number of rotatable bonds is 7. The van der Waals surface area contributed by atoms with Crippen molar-refractivity contribution in [1.29, 1.82) is 0 Å². The van der Waals surface area contributed by atoms with Gasteiger partial charge in [-0.25, -0.2) is 0 Å². The first-order valence-corrected chi connectivity index (χ1v) is 15.3. The number of carbonyl (C=O) groups is 1. The van der Waals surface area contributed by atoms with Crippen LogP contribution in [0.2, 0.25) is 10.0 Å². The minimum atomic E-state index is -0.725. The second-order valence-electron chi connectivity index (χ2n) is 11.5. The van der Waals surface area contributed by atoms with Gasteiger partial charge in [0, 0.05) is 32.6 Å². The molecule has 2 heterocycles. The van der Waals surface area contributed by atoms with Crippen molar-refractivity contribution in [1.82, 2.24) is 4.90 Å². The van der Waals surface area contributed by atoms with Crippen LogP contribution in [0, 0.1) is 0 Å². The molecule has 6 nitrogen and oxygen atoms in total. The third-order valence-electron chi connectivity index (χ3n) is 8.90. The SMILES string of the molecule is CC[C@@H](Oc1ccc([C@H]2CCN(C)c3cc4c(cc3O2)CN(C2CCC2)[C@H](C(=O)O)C4)cc1)c1ccc(Cl)c(Cl)c1. The Balaban J connectivity index is 1.20. The van der Waals surface area contributed by atoms with E-state index in [1.54, 1.807) is 6.07 Å². The van der Waals surface area contributed by atoms with Crippen molar-refractivity contribution >= 4 is 34.9 Å². The fraction of sp³-hybridized carbons (Fsp3) is 0.424. The summed E-state index contributed by atoms with van der Waals surface area (Å²) in [7, 11) is 2.08. The summed E-state index contributed by atoms with van der Waals surface area (Å²) in [5, 5.41) is 11.0. The molecule has 216 valence electrons. The van der Waals surface area contributed by atoms with E-state index < -0.39 is 12.0 Å². The van der Waals surface area contributed by atoms with Crippen LogP contribution in [0.5, 0.6) is 11.5 Å². The van der Waals surface area contributed by atoms with Gasteiger partial charge < -0.3 is 19.5 Å². The number of nitrogens with zero attached hydrogens (tertiary/aromatic N) is 2. The van der Waals surface area contributed by atoms with E-state index in [-0.39, 0.29) is 12.2 Å². The lowest BCUT2D eigenvalue weighted by molar-refractivity contribution is -0.146. The molecule has 0 saturated heterocycles. The molecule has 0 unspecified atom stereocenters. The lowest BCUT2D eigenvalue weighted by Gasteiger charge is -2.44. The minimum absolute atomic E-state index is 0.0964. The van der Waals surface area contributed by atoms with Gasteiger partial charge in [0.15, 0.2) is 0 Å². The second-order valence-corrected chi connectivity index (χ2v) is 12.3. The number of anilines is 1. The van der Waals surface area contributed by atoms with Gasteiger partial charge in [-0.05, 0) is 84.3 Å².